The Morgan fingerprint density at radius 3 is 2.36 bits per heavy atom. The smallest absolute Gasteiger partial charge is 0.269 e. The first kappa shape index (κ1) is 20.2. The number of rotatable bonds is 7. The van der Waals surface area contributed by atoms with Gasteiger partial charge in [-0.3, -0.25) is 29.5 Å². The molecule has 1 aliphatic heterocycles. The fourth-order valence-electron chi connectivity index (χ4n) is 3.26. The summed E-state index contributed by atoms with van der Waals surface area (Å²) < 4.78 is 0. The molecule has 1 atom stereocenters. The van der Waals surface area contributed by atoms with Crippen molar-refractivity contribution >= 4 is 23.2 Å². The molecule has 1 heterocycles. The van der Waals surface area contributed by atoms with Gasteiger partial charge in [-0.2, -0.15) is 0 Å². The third-order valence-electron chi connectivity index (χ3n) is 5.44. The van der Waals surface area contributed by atoms with E-state index in [2.05, 4.69) is 15.1 Å². The molecule has 1 aromatic rings. The molecule has 0 aromatic heterocycles. The van der Waals surface area contributed by atoms with Crippen LogP contribution in [0.25, 0.3) is 0 Å². The van der Waals surface area contributed by atoms with Gasteiger partial charge in [-0.05, 0) is 31.9 Å². The minimum atomic E-state index is -0.461. The first-order valence-corrected chi connectivity index (χ1v) is 9.63. The van der Waals surface area contributed by atoms with E-state index in [1.807, 2.05) is 6.92 Å². The zero-order valence-corrected chi connectivity index (χ0v) is 16.3. The third kappa shape index (κ3) is 5.05. The first-order valence-electron chi connectivity index (χ1n) is 9.63. The topological polar surface area (TPSA) is 99.0 Å². The highest BCUT2D eigenvalue weighted by Gasteiger charge is 2.30. The molecular weight excluding hydrogens is 362 g/mol. The molecule has 0 spiro atoms. The maximum Gasteiger partial charge on any atom is 0.269 e. The van der Waals surface area contributed by atoms with Crippen LogP contribution in [0.2, 0.25) is 0 Å². The lowest BCUT2D eigenvalue weighted by atomic mass is 10.2. The first-order chi connectivity index (χ1) is 13.3. The van der Waals surface area contributed by atoms with E-state index in [1.54, 1.807) is 19.2 Å². The third-order valence-corrected chi connectivity index (χ3v) is 5.44. The van der Waals surface area contributed by atoms with Gasteiger partial charge >= 0.3 is 0 Å². The number of carbonyl (C=O) groups excluding carboxylic acids is 2. The fraction of sp³-hybridized carbons (Fsp3) is 0.579. The lowest BCUT2D eigenvalue weighted by Crippen LogP contribution is -2.55. The number of non-ortho nitro benzene ring substituents is 1. The second kappa shape index (κ2) is 8.66. The molecule has 0 radical (unpaired) electrons. The van der Waals surface area contributed by atoms with Crippen molar-refractivity contribution in [3.63, 3.8) is 0 Å². The average molecular weight is 389 g/mol. The molecule has 0 bridgehead atoms. The molecule has 28 heavy (non-hydrogen) atoms. The fourth-order valence-corrected chi connectivity index (χ4v) is 3.26. The van der Waals surface area contributed by atoms with E-state index >= 15 is 0 Å². The number of carbonyl (C=O) groups is 2. The minimum Gasteiger partial charge on any atom is -0.352 e. The Morgan fingerprint density at radius 2 is 1.82 bits per heavy atom. The van der Waals surface area contributed by atoms with Crippen LogP contribution in [0.1, 0.15) is 19.8 Å². The van der Waals surface area contributed by atoms with Crippen LogP contribution in [0.5, 0.6) is 0 Å². The highest BCUT2D eigenvalue weighted by molar-refractivity contribution is 5.94. The van der Waals surface area contributed by atoms with E-state index in [-0.39, 0.29) is 30.1 Å². The average Bonchev–Trinajstić information content (AvgIpc) is 3.51. The standard InChI is InChI=1S/C19H27N5O4/c1-14(19(26)20-15-3-4-15)23-11-9-22(10-12-23)13-18(25)21(2)16-5-7-17(8-6-16)24(27)28/h5-8,14-15H,3-4,9-13H2,1-2H3,(H,20,26). The number of likely N-dealkylation sites (N-methyl/N-ethyl adjacent to an activating group) is 1. The lowest BCUT2D eigenvalue weighted by Gasteiger charge is -2.37. The molecule has 9 nitrogen and oxygen atoms in total. The molecule has 1 saturated heterocycles. The van der Waals surface area contributed by atoms with E-state index < -0.39 is 4.92 Å². The van der Waals surface area contributed by atoms with Crippen LogP contribution in [0.4, 0.5) is 11.4 Å². The van der Waals surface area contributed by atoms with Crippen molar-refractivity contribution in [1.82, 2.24) is 15.1 Å². The van der Waals surface area contributed by atoms with E-state index in [4.69, 9.17) is 0 Å². The molecule has 2 amide bonds. The van der Waals surface area contributed by atoms with E-state index in [0.29, 0.717) is 11.7 Å². The van der Waals surface area contributed by atoms with Crippen molar-refractivity contribution in [2.75, 3.05) is 44.7 Å². The van der Waals surface area contributed by atoms with Crippen LogP contribution < -0.4 is 10.2 Å². The van der Waals surface area contributed by atoms with Gasteiger partial charge < -0.3 is 10.2 Å². The Kier molecular flexibility index (Phi) is 6.25. The van der Waals surface area contributed by atoms with Gasteiger partial charge in [0.15, 0.2) is 0 Å². The van der Waals surface area contributed by atoms with Gasteiger partial charge in [-0.15, -0.1) is 0 Å². The molecule has 1 aromatic carbocycles. The number of amides is 2. The summed E-state index contributed by atoms with van der Waals surface area (Å²) in [6, 6.07) is 6.16. The molecule has 1 aliphatic carbocycles. The van der Waals surface area contributed by atoms with Gasteiger partial charge in [0, 0.05) is 57.1 Å². The Hall–Kier alpha value is -2.52. The Morgan fingerprint density at radius 1 is 1.21 bits per heavy atom. The summed E-state index contributed by atoms with van der Waals surface area (Å²) in [5.74, 6) is 0.0201. The molecule has 1 unspecified atom stereocenters. The normalized spacial score (nSPS) is 19.1. The zero-order chi connectivity index (χ0) is 20.3. The van der Waals surface area contributed by atoms with Crippen molar-refractivity contribution in [1.29, 1.82) is 0 Å². The summed E-state index contributed by atoms with van der Waals surface area (Å²) in [6.07, 6.45) is 2.16. The highest BCUT2D eigenvalue weighted by atomic mass is 16.6. The van der Waals surface area contributed by atoms with E-state index in [9.17, 15) is 19.7 Å². The minimum absolute atomic E-state index is 0.000521. The van der Waals surface area contributed by atoms with Crippen LogP contribution >= 0.6 is 0 Å². The summed E-state index contributed by atoms with van der Waals surface area (Å²) in [5, 5.41) is 13.8. The van der Waals surface area contributed by atoms with Crippen molar-refractivity contribution in [3.8, 4) is 0 Å². The number of nitrogens with one attached hydrogen (secondary N) is 1. The van der Waals surface area contributed by atoms with E-state index in [1.165, 1.54) is 17.0 Å². The number of benzene rings is 1. The molecule has 152 valence electrons. The highest BCUT2D eigenvalue weighted by Crippen LogP contribution is 2.20. The number of hydrogen-bond acceptors (Lipinski definition) is 6. The predicted octanol–water partition coefficient (Wildman–Crippen LogP) is 0.842. The number of piperazine rings is 1. The maximum atomic E-state index is 12.6. The van der Waals surface area contributed by atoms with E-state index in [0.717, 1.165) is 39.0 Å². The molecule has 1 N–H and O–H groups in total. The molecular formula is C19H27N5O4. The van der Waals surface area contributed by atoms with Gasteiger partial charge in [0.25, 0.3) is 5.69 Å². The van der Waals surface area contributed by atoms with Gasteiger partial charge in [-0.25, -0.2) is 0 Å². The van der Waals surface area contributed by atoms with Gasteiger partial charge in [0.05, 0.1) is 17.5 Å². The lowest BCUT2D eigenvalue weighted by molar-refractivity contribution is -0.384. The number of hydrogen-bond donors (Lipinski definition) is 1. The van der Waals surface area contributed by atoms with Crippen molar-refractivity contribution in [2.24, 2.45) is 0 Å². The van der Waals surface area contributed by atoms with Crippen LogP contribution in [-0.4, -0.2) is 78.4 Å². The van der Waals surface area contributed by atoms with Crippen LogP contribution in [0.3, 0.4) is 0 Å². The summed E-state index contributed by atoms with van der Waals surface area (Å²) in [7, 11) is 1.67. The summed E-state index contributed by atoms with van der Waals surface area (Å²) in [6.45, 7) is 5.15. The molecule has 3 rings (SSSR count). The van der Waals surface area contributed by atoms with Gasteiger partial charge in [0.1, 0.15) is 0 Å². The van der Waals surface area contributed by atoms with Crippen LogP contribution in [-0.2, 0) is 9.59 Å². The van der Waals surface area contributed by atoms with Crippen molar-refractivity contribution in [3.05, 3.63) is 34.4 Å². The van der Waals surface area contributed by atoms with Gasteiger partial charge in [-0.1, -0.05) is 0 Å². The largest absolute Gasteiger partial charge is 0.352 e. The van der Waals surface area contributed by atoms with Crippen LogP contribution in [0, 0.1) is 10.1 Å². The van der Waals surface area contributed by atoms with Crippen LogP contribution in [0.15, 0.2) is 24.3 Å². The summed E-state index contributed by atoms with van der Waals surface area (Å²) in [5.41, 5.74) is 0.625. The SMILES string of the molecule is CC(C(=O)NC1CC1)N1CCN(CC(=O)N(C)c2ccc([N+](=O)[O-])cc2)CC1. The predicted molar refractivity (Wildman–Crippen MR) is 105 cm³/mol. The Bertz CT molecular complexity index is 726. The molecule has 2 fully saturated rings. The Labute approximate surface area is 164 Å². The zero-order valence-electron chi connectivity index (χ0n) is 16.3. The number of anilines is 1. The molecule has 1 saturated carbocycles. The number of nitrogens with zero attached hydrogens (tertiary/aromatic N) is 4. The monoisotopic (exact) mass is 389 g/mol. The van der Waals surface area contributed by atoms with Crippen molar-refractivity contribution in [2.45, 2.75) is 31.8 Å². The second-order valence-corrected chi connectivity index (χ2v) is 7.50. The maximum absolute atomic E-state index is 12.6. The molecule has 9 heteroatoms. The van der Waals surface area contributed by atoms with Crippen molar-refractivity contribution < 1.29 is 14.5 Å². The Balaban J connectivity index is 1.46. The summed E-state index contributed by atoms with van der Waals surface area (Å²) in [4.78, 5) is 40.8. The van der Waals surface area contributed by atoms with Gasteiger partial charge in [0.2, 0.25) is 11.8 Å². The quantitative estimate of drug-likeness (QED) is 0.548. The second-order valence-electron chi connectivity index (χ2n) is 7.50. The molecule has 2 aliphatic rings. The summed E-state index contributed by atoms with van der Waals surface area (Å²) >= 11 is 0. The number of nitro benzene ring substituents is 1. The number of nitro groups is 1.